The van der Waals surface area contributed by atoms with E-state index >= 15 is 0 Å². The lowest BCUT2D eigenvalue weighted by molar-refractivity contribution is 0.0480. The number of halogens is 1. The van der Waals surface area contributed by atoms with Gasteiger partial charge in [-0.15, -0.1) is 0 Å². The molecule has 1 rings (SSSR count). The van der Waals surface area contributed by atoms with Crippen molar-refractivity contribution in [1.29, 1.82) is 0 Å². The molecule has 0 fully saturated rings. The van der Waals surface area contributed by atoms with Crippen LogP contribution in [0, 0.1) is 5.82 Å². The molecule has 0 unspecified atom stereocenters. The van der Waals surface area contributed by atoms with Crippen molar-refractivity contribution >= 4 is 5.97 Å². The quantitative estimate of drug-likeness (QED) is 0.690. The smallest absolute Gasteiger partial charge is 0.338 e. The molecule has 0 saturated carbocycles. The number of carbonyl (C=O) groups excluding carboxylic acids is 1. The summed E-state index contributed by atoms with van der Waals surface area (Å²) in [6, 6.07) is 2.72. The maximum absolute atomic E-state index is 13.7. The van der Waals surface area contributed by atoms with Crippen LogP contribution in [0.2, 0.25) is 0 Å². The molecule has 0 heterocycles. The van der Waals surface area contributed by atoms with Gasteiger partial charge in [-0.1, -0.05) is 6.92 Å². The molecule has 5 heteroatoms. The number of esters is 1. The van der Waals surface area contributed by atoms with Gasteiger partial charge < -0.3 is 14.4 Å². The van der Waals surface area contributed by atoms with Gasteiger partial charge in [0.05, 0.1) is 12.2 Å². The van der Waals surface area contributed by atoms with Crippen LogP contribution in [-0.4, -0.2) is 51.8 Å². The lowest BCUT2D eigenvalue weighted by atomic mass is 9.96. The number of methoxy groups -OCH3 is 1. The third-order valence-corrected chi connectivity index (χ3v) is 3.23. The monoisotopic (exact) mass is 297 g/mol. The molecule has 0 amide bonds. The van der Waals surface area contributed by atoms with Crippen LogP contribution in [-0.2, 0) is 22.3 Å². The van der Waals surface area contributed by atoms with Gasteiger partial charge in [-0.3, -0.25) is 0 Å². The molecule has 1 aromatic carbocycles. The van der Waals surface area contributed by atoms with E-state index in [1.807, 2.05) is 25.9 Å². The van der Waals surface area contributed by atoms with Crippen molar-refractivity contribution in [3.8, 4) is 0 Å². The Morgan fingerprint density at radius 1 is 1.29 bits per heavy atom. The summed E-state index contributed by atoms with van der Waals surface area (Å²) < 4.78 is 24.0. The number of ether oxygens (including phenoxy) is 2. The fourth-order valence-electron chi connectivity index (χ4n) is 2.13. The largest absolute Gasteiger partial charge is 0.461 e. The molecule has 0 aliphatic carbocycles. The van der Waals surface area contributed by atoms with Crippen molar-refractivity contribution in [3.63, 3.8) is 0 Å². The maximum atomic E-state index is 13.7. The minimum Gasteiger partial charge on any atom is -0.461 e. The summed E-state index contributed by atoms with van der Waals surface area (Å²) in [4.78, 5) is 14.1. The van der Waals surface area contributed by atoms with Gasteiger partial charge in [0, 0.05) is 13.7 Å². The topological polar surface area (TPSA) is 38.8 Å². The number of carbonyl (C=O) groups is 1. The molecule has 0 atom stereocenters. The van der Waals surface area contributed by atoms with E-state index < -0.39 is 11.8 Å². The number of hydrogen-bond acceptors (Lipinski definition) is 4. The number of nitrogens with zero attached hydrogens (tertiary/aromatic N) is 1. The lowest BCUT2D eigenvalue weighted by Gasteiger charge is -2.14. The third-order valence-electron chi connectivity index (χ3n) is 3.23. The lowest BCUT2D eigenvalue weighted by Crippen LogP contribution is -2.21. The summed E-state index contributed by atoms with van der Waals surface area (Å²) in [7, 11) is 5.40. The van der Waals surface area contributed by atoms with Crippen molar-refractivity contribution in [2.75, 3.05) is 41.0 Å². The van der Waals surface area contributed by atoms with Gasteiger partial charge in [0.25, 0.3) is 0 Å². The fourth-order valence-corrected chi connectivity index (χ4v) is 2.13. The van der Waals surface area contributed by atoms with E-state index in [2.05, 4.69) is 0 Å². The molecule has 21 heavy (non-hydrogen) atoms. The highest BCUT2D eigenvalue weighted by Crippen LogP contribution is 2.20. The summed E-state index contributed by atoms with van der Waals surface area (Å²) in [5, 5.41) is 0. The van der Waals surface area contributed by atoms with E-state index in [1.165, 1.54) is 12.1 Å². The summed E-state index contributed by atoms with van der Waals surface area (Å²) >= 11 is 0. The Kier molecular flexibility index (Phi) is 7.32. The van der Waals surface area contributed by atoms with Crippen molar-refractivity contribution < 1.29 is 18.7 Å². The first-order valence-corrected chi connectivity index (χ1v) is 7.11. The molecule has 0 aliphatic rings. The van der Waals surface area contributed by atoms with Crippen LogP contribution in [0.3, 0.4) is 0 Å². The second-order valence-electron chi connectivity index (χ2n) is 5.13. The Morgan fingerprint density at radius 3 is 2.57 bits per heavy atom. The summed E-state index contributed by atoms with van der Waals surface area (Å²) in [6.45, 7) is 3.36. The zero-order chi connectivity index (χ0) is 15.8. The van der Waals surface area contributed by atoms with Crippen LogP contribution in [0.5, 0.6) is 0 Å². The van der Waals surface area contributed by atoms with E-state index in [0.29, 0.717) is 38.2 Å². The number of rotatable bonds is 8. The SMILES string of the molecule is CCc1c(CCOC)cc(F)cc1C(=O)OCCN(C)C. The van der Waals surface area contributed by atoms with Crippen LogP contribution < -0.4 is 0 Å². The van der Waals surface area contributed by atoms with E-state index in [1.54, 1.807) is 7.11 Å². The second kappa shape index (κ2) is 8.74. The first-order chi connectivity index (χ1) is 9.99. The zero-order valence-corrected chi connectivity index (χ0v) is 13.2. The van der Waals surface area contributed by atoms with Gasteiger partial charge >= 0.3 is 5.97 Å². The molecule has 0 spiro atoms. The van der Waals surface area contributed by atoms with E-state index in [0.717, 1.165) is 11.1 Å². The number of benzene rings is 1. The van der Waals surface area contributed by atoms with E-state index in [-0.39, 0.29) is 0 Å². The van der Waals surface area contributed by atoms with E-state index in [4.69, 9.17) is 9.47 Å². The first kappa shape index (κ1) is 17.6. The van der Waals surface area contributed by atoms with Crippen LogP contribution in [0.4, 0.5) is 4.39 Å². The Labute approximate surface area is 125 Å². The molecular formula is C16H24FNO3. The molecule has 0 N–H and O–H groups in total. The highest BCUT2D eigenvalue weighted by atomic mass is 19.1. The molecule has 118 valence electrons. The molecule has 0 saturated heterocycles. The van der Waals surface area contributed by atoms with Crippen LogP contribution in [0.1, 0.15) is 28.4 Å². The minimum absolute atomic E-state index is 0.291. The van der Waals surface area contributed by atoms with Gasteiger partial charge in [-0.05, 0) is 50.2 Å². The molecular weight excluding hydrogens is 273 g/mol. The normalized spacial score (nSPS) is 11.0. The Bertz CT molecular complexity index is 475. The van der Waals surface area contributed by atoms with Gasteiger partial charge in [0.15, 0.2) is 0 Å². The summed E-state index contributed by atoms with van der Waals surface area (Å²) in [5.41, 5.74) is 1.96. The average molecular weight is 297 g/mol. The number of likely N-dealkylation sites (N-methyl/N-ethyl adjacent to an activating group) is 1. The second-order valence-corrected chi connectivity index (χ2v) is 5.13. The Hall–Kier alpha value is -1.46. The predicted octanol–water partition coefficient (Wildman–Crippen LogP) is 2.30. The predicted molar refractivity (Wildman–Crippen MR) is 80.2 cm³/mol. The highest BCUT2D eigenvalue weighted by Gasteiger charge is 2.17. The van der Waals surface area contributed by atoms with Gasteiger partial charge in [-0.2, -0.15) is 0 Å². The zero-order valence-electron chi connectivity index (χ0n) is 13.2. The van der Waals surface area contributed by atoms with Gasteiger partial charge in [0.2, 0.25) is 0 Å². The van der Waals surface area contributed by atoms with Crippen LogP contribution >= 0.6 is 0 Å². The van der Waals surface area contributed by atoms with Crippen LogP contribution in [0.25, 0.3) is 0 Å². The fraction of sp³-hybridized carbons (Fsp3) is 0.562. The molecule has 0 aliphatic heterocycles. The molecule has 0 radical (unpaired) electrons. The Balaban J connectivity index is 2.93. The Morgan fingerprint density at radius 2 is 2.00 bits per heavy atom. The van der Waals surface area contributed by atoms with E-state index in [9.17, 15) is 9.18 Å². The summed E-state index contributed by atoms with van der Waals surface area (Å²) in [6.07, 6.45) is 1.23. The minimum atomic E-state index is -0.466. The maximum Gasteiger partial charge on any atom is 0.338 e. The average Bonchev–Trinajstić information content (AvgIpc) is 2.43. The molecule has 0 aromatic heterocycles. The molecule has 1 aromatic rings. The standard InChI is InChI=1S/C16H24FNO3/c1-5-14-12(6-8-20-4)10-13(17)11-15(14)16(19)21-9-7-18(2)3/h10-11H,5-9H2,1-4H3. The van der Waals surface area contributed by atoms with Crippen molar-refractivity contribution in [2.45, 2.75) is 19.8 Å². The van der Waals surface area contributed by atoms with Crippen molar-refractivity contribution in [3.05, 3.63) is 34.6 Å². The highest BCUT2D eigenvalue weighted by molar-refractivity contribution is 5.91. The summed E-state index contributed by atoms with van der Waals surface area (Å²) in [5.74, 6) is -0.885. The molecule has 4 nitrogen and oxygen atoms in total. The van der Waals surface area contributed by atoms with Gasteiger partial charge in [-0.25, -0.2) is 9.18 Å². The van der Waals surface area contributed by atoms with Crippen LogP contribution in [0.15, 0.2) is 12.1 Å². The van der Waals surface area contributed by atoms with Gasteiger partial charge in [0.1, 0.15) is 12.4 Å². The van der Waals surface area contributed by atoms with Crippen molar-refractivity contribution in [1.82, 2.24) is 4.90 Å². The first-order valence-electron chi connectivity index (χ1n) is 7.11. The van der Waals surface area contributed by atoms with Crippen molar-refractivity contribution in [2.24, 2.45) is 0 Å². The number of hydrogen-bond donors (Lipinski definition) is 0. The molecule has 0 bridgehead atoms. The third kappa shape index (κ3) is 5.44.